The summed E-state index contributed by atoms with van der Waals surface area (Å²) >= 11 is 0. The van der Waals surface area contributed by atoms with E-state index in [0.717, 1.165) is 0 Å². The molecule has 1 aliphatic carbocycles. The van der Waals surface area contributed by atoms with E-state index in [2.05, 4.69) is 5.32 Å². The van der Waals surface area contributed by atoms with Crippen molar-refractivity contribution < 1.29 is 26.7 Å². The second-order valence-electron chi connectivity index (χ2n) is 4.38. The molecule has 0 aromatic carbocycles. The molecule has 1 fully saturated rings. The van der Waals surface area contributed by atoms with Gasteiger partial charge in [-0.05, 0) is 32.7 Å². The quantitative estimate of drug-likeness (QED) is 0.771. The molecule has 1 rings (SSSR count). The minimum atomic E-state index is -5.85. The van der Waals surface area contributed by atoms with Gasteiger partial charge in [0.15, 0.2) is 0 Å². The summed E-state index contributed by atoms with van der Waals surface area (Å²) in [4.78, 5) is 10.9. The molecule has 0 spiro atoms. The molecule has 1 amide bonds. The molecule has 1 saturated carbocycles. The Balaban J connectivity index is 2.51. The molecular formula is C10H15F5N2O. The molecule has 0 aromatic heterocycles. The van der Waals surface area contributed by atoms with Crippen LogP contribution in [0, 0.1) is 0 Å². The van der Waals surface area contributed by atoms with Crippen LogP contribution in [0.1, 0.15) is 25.7 Å². The van der Waals surface area contributed by atoms with Gasteiger partial charge in [-0.3, -0.25) is 4.79 Å². The lowest BCUT2D eigenvalue weighted by Crippen LogP contribution is -2.54. The lowest BCUT2D eigenvalue weighted by atomic mass is 9.91. The van der Waals surface area contributed by atoms with Crippen LogP contribution in [-0.4, -0.2) is 37.1 Å². The Labute approximate surface area is 101 Å². The van der Waals surface area contributed by atoms with Crippen molar-refractivity contribution in [1.29, 1.82) is 0 Å². The Hall–Kier alpha value is -0.920. The van der Waals surface area contributed by atoms with Gasteiger partial charge >= 0.3 is 18.0 Å². The highest BCUT2D eigenvalue weighted by molar-refractivity contribution is 5.84. The van der Waals surface area contributed by atoms with Crippen molar-refractivity contribution in [2.75, 3.05) is 7.05 Å². The monoisotopic (exact) mass is 274 g/mol. The van der Waals surface area contributed by atoms with E-state index in [9.17, 15) is 26.7 Å². The Kier molecular flexibility index (Phi) is 4.52. The van der Waals surface area contributed by atoms with E-state index in [1.165, 1.54) is 0 Å². The first-order valence-corrected chi connectivity index (χ1v) is 5.61. The normalized spacial score (nSPS) is 25.9. The number of hydrogen-bond acceptors (Lipinski definition) is 2. The number of hydrogen-bond donors (Lipinski definition) is 2. The summed E-state index contributed by atoms with van der Waals surface area (Å²) in [5.74, 6) is -7.59. The first kappa shape index (κ1) is 15.1. The van der Waals surface area contributed by atoms with Crippen LogP contribution >= 0.6 is 0 Å². The van der Waals surface area contributed by atoms with E-state index in [1.54, 1.807) is 12.4 Å². The van der Waals surface area contributed by atoms with Crippen LogP contribution in [0.15, 0.2) is 0 Å². The number of rotatable bonds is 3. The van der Waals surface area contributed by atoms with Crippen molar-refractivity contribution >= 4 is 5.91 Å². The zero-order chi connectivity index (χ0) is 14.0. The molecule has 3 nitrogen and oxygen atoms in total. The number of halogens is 5. The van der Waals surface area contributed by atoms with Gasteiger partial charge in [0.25, 0.3) is 0 Å². The van der Waals surface area contributed by atoms with Gasteiger partial charge in [0, 0.05) is 12.1 Å². The fourth-order valence-electron chi connectivity index (χ4n) is 1.93. The molecule has 0 heterocycles. The molecule has 0 aromatic rings. The summed E-state index contributed by atoms with van der Waals surface area (Å²) in [5, 5.41) is 4.77. The highest BCUT2D eigenvalue weighted by Crippen LogP contribution is 2.35. The van der Waals surface area contributed by atoms with Crippen molar-refractivity contribution in [3.05, 3.63) is 0 Å². The van der Waals surface area contributed by atoms with Crippen LogP contribution in [0.2, 0.25) is 0 Å². The predicted octanol–water partition coefficient (Wildman–Crippen LogP) is 1.83. The molecule has 0 unspecified atom stereocenters. The summed E-state index contributed by atoms with van der Waals surface area (Å²) in [6.45, 7) is 0. The zero-order valence-electron chi connectivity index (χ0n) is 9.78. The van der Waals surface area contributed by atoms with Gasteiger partial charge in [0.1, 0.15) is 0 Å². The molecule has 0 saturated heterocycles. The zero-order valence-corrected chi connectivity index (χ0v) is 9.78. The topological polar surface area (TPSA) is 41.1 Å². The van der Waals surface area contributed by atoms with Crippen LogP contribution < -0.4 is 10.6 Å². The lowest BCUT2D eigenvalue weighted by Gasteiger charge is -2.30. The van der Waals surface area contributed by atoms with E-state index >= 15 is 0 Å². The number of nitrogens with one attached hydrogen (secondary N) is 2. The van der Waals surface area contributed by atoms with E-state index in [1.807, 2.05) is 0 Å². The van der Waals surface area contributed by atoms with Gasteiger partial charge in [0.2, 0.25) is 0 Å². The molecule has 1 aliphatic rings. The van der Waals surface area contributed by atoms with Gasteiger partial charge in [0.05, 0.1) is 0 Å². The average molecular weight is 274 g/mol. The molecule has 0 bridgehead atoms. The average Bonchev–Trinajstić information content (AvgIpc) is 2.28. The summed E-state index contributed by atoms with van der Waals surface area (Å²) in [6.07, 6.45) is -3.78. The molecule has 8 heteroatoms. The third-order valence-corrected chi connectivity index (χ3v) is 3.11. The molecule has 0 radical (unpaired) electrons. The fraction of sp³-hybridized carbons (Fsp3) is 0.900. The first-order valence-electron chi connectivity index (χ1n) is 5.61. The minimum absolute atomic E-state index is 0.223. The summed E-state index contributed by atoms with van der Waals surface area (Å²) in [5.41, 5.74) is 0. The minimum Gasteiger partial charge on any atom is -0.348 e. The maximum Gasteiger partial charge on any atom is 0.463 e. The van der Waals surface area contributed by atoms with Gasteiger partial charge in [-0.15, -0.1) is 0 Å². The molecular weight excluding hydrogens is 259 g/mol. The summed E-state index contributed by atoms with van der Waals surface area (Å²) < 4.78 is 61.1. The maximum absolute atomic E-state index is 12.7. The molecule has 0 atom stereocenters. The largest absolute Gasteiger partial charge is 0.463 e. The Morgan fingerprint density at radius 1 is 1.00 bits per heavy atom. The van der Waals surface area contributed by atoms with Crippen molar-refractivity contribution in [3.8, 4) is 0 Å². The van der Waals surface area contributed by atoms with E-state index in [-0.39, 0.29) is 6.04 Å². The van der Waals surface area contributed by atoms with E-state index < -0.39 is 24.0 Å². The maximum atomic E-state index is 12.7. The van der Waals surface area contributed by atoms with Gasteiger partial charge in [-0.25, -0.2) is 0 Å². The van der Waals surface area contributed by atoms with Crippen LogP contribution in [0.3, 0.4) is 0 Å². The second kappa shape index (κ2) is 5.38. The van der Waals surface area contributed by atoms with Crippen LogP contribution in [0.5, 0.6) is 0 Å². The fourth-order valence-corrected chi connectivity index (χ4v) is 1.93. The van der Waals surface area contributed by atoms with Gasteiger partial charge in [-0.2, -0.15) is 22.0 Å². The van der Waals surface area contributed by atoms with E-state index in [4.69, 9.17) is 0 Å². The SMILES string of the molecule is CNC1CCC(NC(=O)C(F)(F)C(F)(F)F)CC1. The Morgan fingerprint density at radius 2 is 1.44 bits per heavy atom. The van der Waals surface area contributed by atoms with Gasteiger partial charge < -0.3 is 10.6 Å². The van der Waals surface area contributed by atoms with Crippen LogP contribution in [0.4, 0.5) is 22.0 Å². The summed E-state index contributed by atoms with van der Waals surface area (Å²) in [7, 11) is 1.75. The first-order chi connectivity index (χ1) is 8.18. The van der Waals surface area contributed by atoms with Crippen molar-refractivity contribution in [2.45, 2.75) is 49.9 Å². The number of alkyl halides is 5. The van der Waals surface area contributed by atoms with Crippen molar-refractivity contribution in [3.63, 3.8) is 0 Å². The third-order valence-electron chi connectivity index (χ3n) is 3.11. The Bertz CT molecular complexity index is 297. The Morgan fingerprint density at radius 3 is 1.83 bits per heavy atom. The number of amides is 1. The molecule has 0 aliphatic heterocycles. The smallest absolute Gasteiger partial charge is 0.348 e. The van der Waals surface area contributed by atoms with Crippen molar-refractivity contribution in [1.82, 2.24) is 10.6 Å². The highest BCUT2D eigenvalue weighted by Gasteiger charge is 2.63. The number of carbonyl (C=O) groups excluding carboxylic acids is 1. The molecule has 2 N–H and O–H groups in total. The van der Waals surface area contributed by atoms with Gasteiger partial charge in [-0.1, -0.05) is 0 Å². The molecule has 18 heavy (non-hydrogen) atoms. The van der Waals surface area contributed by atoms with Crippen LogP contribution in [0.25, 0.3) is 0 Å². The van der Waals surface area contributed by atoms with E-state index in [0.29, 0.717) is 25.7 Å². The third kappa shape index (κ3) is 3.30. The highest BCUT2D eigenvalue weighted by atomic mass is 19.4. The molecule has 106 valence electrons. The number of carbonyl (C=O) groups is 1. The predicted molar refractivity (Wildman–Crippen MR) is 54.2 cm³/mol. The van der Waals surface area contributed by atoms with Crippen LogP contribution in [-0.2, 0) is 4.79 Å². The van der Waals surface area contributed by atoms with Crippen molar-refractivity contribution in [2.24, 2.45) is 0 Å². The lowest BCUT2D eigenvalue weighted by molar-refractivity contribution is -0.270. The standard InChI is InChI=1S/C10H15F5N2O/c1-16-6-2-4-7(5-3-6)17-8(18)9(11,12)10(13,14)15/h6-7,16H,2-5H2,1H3,(H,17,18). The second-order valence-corrected chi connectivity index (χ2v) is 4.38. The summed E-state index contributed by atoms with van der Waals surface area (Å²) in [6, 6.07) is -0.392.